The summed E-state index contributed by atoms with van der Waals surface area (Å²) in [5, 5.41) is 0. The SMILES string of the molecule is CCOC(=O)[C@@H](CC(=O)[C@@H](N)Cc1ccc(N(CCCl)CCCl)cc1)Cc1ccc(C)cc1.Cl. The number of Topliss-reactive ketones (excluding diaryl/α,β-unsaturated/α-hetero) is 1. The first-order valence-corrected chi connectivity index (χ1v) is 12.4. The Bertz CT molecular complexity index is 870. The van der Waals surface area contributed by atoms with Gasteiger partial charge in [0.15, 0.2) is 5.78 Å². The third-order valence-electron chi connectivity index (χ3n) is 5.55. The molecular weight excluding hydrogens is 495 g/mol. The maximum Gasteiger partial charge on any atom is 0.309 e. The fourth-order valence-corrected chi connectivity index (χ4v) is 4.09. The van der Waals surface area contributed by atoms with Gasteiger partial charge in [0.1, 0.15) is 0 Å². The standard InChI is InChI=1S/C26H34Cl2N2O3.ClH/c1-3-33-26(32)22(16-20-6-4-19(2)5-7-20)18-25(31)24(29)17-21-8-10-23(11-9-21)30(14-12-27)15-13-28;/h4-11,22,24H,3,12-18,29H2,1-2H3;1H/t22-,24+;/m1./s1. The van der Waals surface area contributed by atoms with Crippen LogP contribution in [0.15, 0.2) is 48.5 Å². The van der Waals surface area contributed by atoms with Crippen molar-refractivity contribution in [3.05, 3.63) is 65.2 Å². The summed E-state index contributed by atoms with van der Waals surface area (Å²) in [6.45, 7) is 5.47. The number of nitrogens with two attached hydrogens (primary N) is 1. The van der Waals surface area contributed by atoms with E-state index in [4.69, 9.17) is 33.7 Å². The highest BCUT2D eigenvalue weighted by Crippen LogP contribution is 2.19. The molecule has 0 saturated carbocycles. The molecule has 0 amide bonds. The van der Waals surface area contributed by atoms with Crippen LogP contribution in [0.5, 0.6) is 0 Å². The van der Waals surface area contributed by atoms with E-state index in [1.54, 1.807) is 6.92 Å². The van der Waals surface area contributed by atoms with Gasteiger partial charge in [-0.1, -0.05) is 42.0 Å². The molecule has 8 heteroatoms. The van der Waals surface area contributed by atoms with E-state index in [2.05, 4.69) is 4.90 Å². The van der Waals surface area contributed by atoms with Crippen LogP contribution in [0.4, 0.5) is 5.69 Å². The lowest BCUT2D eigenvalue weighted by molar-refractivity contribution is -0.149. The molecule has 0 saturated heterocycles. The third-order valence-corrected chi connectivity index (χ3v) is 5.89. The second-order valence-electron chi connectivity index (χ2n) is 8.15. The summed E-state index contributed by atoms with van der Waals surface area (Å²) in [7, 11) is 0. The molecule has 2 atom stereocenters. The van der Waals surface area contributed by atoms with Gasteiger partial charge in [-0.05, 0) is 49.9 Å². The number of esters is 1. The monoisotopic (exact) mass is 528 g/mol. The van der Waals surface area contributed by atoms with Crippen LogP contribution in [0, 0.1) is 12.8 Å². The maximum absolute atomic E-state index is 12.9. The Morgan fingerprint density at radius 3 is 2.00 bits per heavy atom. The van der Waals surface area contributed by atoms with Crippen LogP contribution in [0.2, 0.25) is 0 Å². The Labute approximate surface area is 219 Å². The van der Waals surface area contributed by atoms with Crippen LogP contribution < -0.4 is 10.6 Å². The zero-order valence-electron chi connectivity index (χ0n) is 19.8. The molecule has 2 rings (SSSR count). The Kier molecular flexibility index (Phi) is 14.2. The Morgan fingerprint density at radius 2 is 1.47 bits per heavy atom. The number of alkyl halides is 2. The summed E-state index contributed by atoms with van der Waals surface area (Å²) in [6.07, 6.45) is 0.915. The summed E-state index contributed by atoms with van der Waals surface area (Å²) in [4.78, 5) is 27.5. The van der Waals surface area contributed by atoms with Crippen molar-refractivity contribution in [1.82, 2.24) is 0 Å². The number of ether oxygens (including phenoxy) is 1. The first-order chi connectivity index (χ1) is 15.9. The minimum absolute atomic E-state index is 0. The fraction of sp³-hybridized carbons (Fsp3) is 0.462. The Hall–Kier alpha value is -1.79. The van der Waals surface area contributed by atoms with Gasteiger partial charge >= 0.3 is 5.97 Å². The van der Waals surface area contributed by atoms with Crippen LogP contribution in [0.1, 0.15) is 30.0 Å². The number of nitrogens with zero attached hydrogens (tertiary/aromatic N) is 1. The van der Waals surface area contributed by atoms with Crippen molar-refractivity contribution in [2.24, 2.45) is 11.7 Å². The number of carbonyl (C=O) groups excluding carboxylic acids is 2. The van der Waals surface area contributed by atoms with E-state index >= 15 is 0 Å². The minimum atomic E-state index is -0.687. The molecule has 34 heavy (non-hydrogen) atoms. The highest BCUT2D eigenvalue weighted by Gasteiger charge is 2.26. The largest absolute Gasteiger partial charge is 0.466 e. The highest BCUT2D eigenvalue weighted by molar-refractivity contribution is 6.18. The summed E-state index contributed by atoms with van der Waals surface area (Å²) < 4.78 is 5.22. The number of ketones is 1. The average Bonchev–Trinajstić information content (AvgIpc) is 2.80. The lowest BCUT2D eigenvalue weighted by Gasteiger charge is -2.23. The third kappa shape index (κ3) is 9.83. The van der Waals surface area contributed by atoms with E-state index in [1.807, 2.05) is 55.5 Å². The molecule has 0 aliphatic heterocycles. The number of benzene rings is 2. The topological polar surface area (TPSA) is 72.6 Å². The van der Waals surface area contributed by atoms with E-state index in [-0.39, 0.29) is 37.2 Å². The maximum atomic E-state index is 12.9. The first kappa shape index (κ1) is 30.2. The molecule has 0 aliphatic carbocycles. The van der Waals surface area contributed by atoms with E-state index in [0.29, 0.717) is 37.7 Å². The first-order valence-electron chi connectivity index (χ1n) is 11.3. The van der Waals surface area contributed by atoms with Crippen LogP contribution >= 0.6 is 35.6 Å². The van der Waals surface area contributed by atoms with Crippen LogP contribution in [0.3, 0.4) is 0 Å². The van der Waals surface area contributed by atoms with Gasteiger partial charge in [-0.25, -0.2) is 0 Å². The molecule has 2 N–H and O–H groups in total. The number of hydrogen-bond donors (Lipinski definition) is 1. The zero-order chi connectivity index (χ0) is 24.2. The molecular formula is C26H35Cl3N2O3. The molecule has 2 aromatic carbocycles. The highest BCUT2D eigenvalue weighted by atomic mass is 35.5. The molecule has 0 radical (unpaired) electrons. The summed E-state index contributed by atoms with van der Waals surface area (Å²) >= 11 is 11.8. The number of carbonyl (C=O) groups is 2. The van der Waals surface area contributed by atoms with Crippen molar-refractivity contribution in [2.75, 3.05) is 36.4 Å². The molecule has 2 aromatic rings. The number of halogens is 3. The molecule has 0 fully saturated rings. The normalized spacial score (nSPS) is 12.4. The van der Waals surface area contributed by atoms with E-state index < -0.39 is 12.0 Å². The van der Waals surface area contributed by atoms with Crippen LogP contribution in [-0.2, 0) is 27.2 Å². The van der Waals surface area contributed by atoms with Crippen LogP contribution in [-0.4, -0.2) is 49.3 Å². The zero-order valence-corrected chi connectivity index (χ0v) is 22.2. The van der Waals surface area contributed by atoms with E-state index in [9.17, 15) is 9.59 Å². The molecule has 0 heterocycles. The minimum Gasteiger partial charge on any atom is -0.466 e. The molecule has 188 valence electrons. The van der Waals surface area contributed by atoms with Crippen molar-refractivity contribution in [3.8, 4) is 0 Å². The molecule has 0 aromatic heterocycles. The summed E-state index contributed by atoms with van der Waals surface area (Å²) in [5.74, 6) is -0.0187. The molecule has 0 unspecified atom stereocenters. The van der Waals surface area contributed by atoms with Gasteiger partial charge in [0.05, 0.1) is 18.6 Å². The number of anilines is 1. The van der Waals surface area contributed by atoms with Gasteiger partial charge in [0, 0.05) is 37.0 Å². The van der Waals surface area contributed by atoms with Gasteiger partial charge in [-0.2, -0.15) is 0 Å². The van der Waals surface area contributed by atoms with Crippen molar-refractivity contribution >= 4 is 53.0 Å². The number of aryl methyl sites for hydroxylation is 1. The van der Waals surface area contributed by atoms with Crippen molar-refractivity contribution < 1.29 is 14.3 Å². The van der Waals surface area contributed by atoms with Gasteiger partial charge in [0.25, 0.3) is 0 Å². The van der Waals surface area contributed by atoms with Crippen molar-refractivity contribution in [1.29, 1.82) is 0 Å². The molecule has 5 nitrogen and oxygen atoms in total. The predicted molar refractivity (Wildman–Crippen MR) is 144 cm³/mol. The molecule has 0 bridgehead atoms. The summed E-state index contributed by atoms with van der Waals surface area (Å²) in [6, 6.07) is 15.2. The van der Waals surface area contributed by atoms with Gasteiger partial charge < -0.3 is 15.4 Å². The lowest BCUT2D eigenvalue weighted by atomic mass is 9.90. The lowest BCUT2D eigenvalue weighted by Crippen LogP contribution is -2.36. The predicted octanol–water partition coefficient (Wildman–Crippen LogP) is 4.95. The smallest absolute Gasteiger partial charge is 0.309 e. The van der Waals surface area contributed by atoms with Crippen LogP contribution in [0.25, 0.3) is 0 Å². The Morgan fingerprint density at radius 1 is 0.941 bits per heavy atom. The molecule has 0 spiro atoms. The van der Waals surface area contributed by atoms with E-state index in [0.717, 1.165) is 22.4 Å². The van der Waals surface area contributed by atoms with E-state index in [1.165, 1.54) is 0 Å². The number of rotatable bonds is 14. The van der Waals surface area contributed by atoms with Gasteiger partial charge in [-0.15, -0.1) is 35.6 Å². The van der Waals surface area contributed by atoms with Crippen molar-refractivity contribution in [2.45, 2.75) is 39.2 Å². The van der Waals surface area contributed by atoms with Crippen molar-refractivity contribution in [3.63, 3.8) is 0 Å². The second-order valence-corrected chi connectivity index (χ2v) is 8.91. The molecule has 0 aliphatic rings. The quantitative estimate of drug-likeness (QED) is 0.277. The second kappa shape index (κ2) is 16.0. The van der Waals surface area contributed by atoms with Gasteiger partial charge in [-0.3, -0.25) is 9.59 Å². The average molecular weight is 530 g/mol. The fourth-order valence-electron chi connectivity index (χ4n) is 3.69. The summed E-state index contributed by atoms with van der Waals surface area (Å²) in [5.41, 5.74) is 10.4. The number of hydrogen-bond acceptors (Lipinski definition) is 5. The Balaban J connectivity index is 0.00000578. The van der Waals surface area contributed by atoms with Gasteiger partial charge in [0.2, 0.25) is 0 Å².